The van der Waals surface area contributed by atoms with Crippen molar-refractivity contribution in [3.8, 4) is 0 Å². The molecule has 0 saturated carbocycles. The number of hydrogen-bond donors (Lipinski definition) is 2. The minimum Gasteiger partial charge on any atom is -0.396 e. The Kier molecular flexibility index (Phi) is 5.73. The maximum Gasteiger partial charge on any atom is 0.0471 e. The first-order valence-corrected chi connectivity index (χ1v) is 6.67. The number of aliphatic hydroxyl groups excluding tert-OH is 1. The molecule has 16 heavy (non-hydrogen) atoms. The van der Waals surface area contributed by atoms with Gasteiger partial charge in [-0.15, -0.1) is 0 Å². The van der Waals surface area contributed by atoms with Crippen LogP contribution < -0.4 is 5.32 Å². The van der Waals surface area contributed by atoms with E-state index in [4.69, 9.17) is 5.11 Å². The van der Waals surface area contributed by atoms with E-state index >= 15 is 0 Å². The van der Waals surface area contributed by atoms with Gasteiger partial charge in [0.1, 0.15) is 0 Å². The summed E-state index contributed by atoms with van der Waals surface area (Å²) in [6.07, 6.45) is 3.62. The molecule has 0 radical (unpaired) electrons. The zero-order valence-electron chi connectivity index (χ0n) is 11.1. The molecule has 0 aliphatic carbocycles. The number of likely N-dealkylation sites (tertiary alicyclic amines) is 1. The molecule has 2 N–H and O–H groups in total. The Hall–Kier alpha value is -0.120. The zero-order valence-corrected chi connectivity index (χ0v) is 11.1. The van der Waals surface area contributed by atoms with E-state index in [9.17, 15) is 0 Å². The largest absolute Gasteiger partial charge is 0.396 e. The Labute approximate surface area is 100 Å². The molecule has 0 amide bonds. The zero-order chi connectivity index (χ0) is 12.0. The van der Waals surface area contributed by atoms with Gasteiger partial charge in [0, 0.05) is 26.2 Å². The molecular formula is C13H28N2O. The number of hydrogen-bond acceptors (Lipinski definition) is 3. The van der Waals surface area contributed by atoms with Gasteiger partial charge in [0.15, 0.2) is 0 Å². The summed E-state index contributed by atoms with van der Waals surface area (Å²) >= 11 is 0. The quantitative estimate of drug-likeness (QED) is 0.690. The summed E-state index contributed by atoms with van der Waals surface area (Å²) in [6, 6.07) is 0. The van der Waals surface area contributed by atoms with Crippen molar-refractivity contribution < 1.29 is 5.11 Å². The standard InChI is InChI=1S/C13H28N2O/c1-4-13(5-2,10-14-3)11-15-7-6-12(8-15)9-16/h12,14,16H,4-11H2,1-3H3. The van der Waals surface area contributed by atoms with E-state index < -0.39 is 0 Å². The Bertz CT molecular complexity index is 192. The van der Waals surface area contributed by atoms with E-state index in [-0.39, 0.29) is 0 Å². The van der Waals surface area contributed by atoms with Crippen LogP contribution in [-0.4, -0.2) is 49.8 Å². The SMILES string of the molecule is CCC(CC)(CNC)CN1CCC(CO)C1. The average Bonchev–Trinajstić information content (AvgIpc) is 2.76. The van der Waals surface area contributed by atoms with E-state index in [0.29, 0.717) is 17.9 Å². The molecule has 1 aliphatic rings. The molecule has 1 unspecified atom stereocenters. The topological polar surface area (TPSA) is 35.5 Å². The van der Waals surface area contributed by atoms with Gasteiger partial charge in [-0.2, -0.15) is 0 Å². The third-order valence-corrected chi connectivity index (χ3v) is 4.24. The summed E-state index contributed by atoms with van der Waals surface area (Å²) in [5, 5.41) is 12.5. The van der Waals surface area contributed by atoms with Crippen LogP contribution in [-0.2, 0) is 0 Å². The van der Waals surface area contributed by atoms with Crippen molar-refractivity contribution in [3.05, 3.63) is 0 Å². The van der Waals surface area contributed by atoms with Gasteiger partial charge in [0.25, 0.3) is 0 Å². The third-order valence-electron chi connectivity index (χ3n) is 4.24. The first kappa shape index (κ1) is 13.9. The van der Waals surface area contributed by atoms with Gasteiger partial charge in [-0.1, -0.05) is 13.8 Å². The predicted octanol–water partition coefficient (Wildman–Crippen LogP) is 1.33. The van der Waals surface area contributed by atoms with Crippen LogP contribution >= 0.6 is 0 Å². The molecule has 3 nitrogen and oxygen atoms in total. The molecule has 0 bridgehead atoms. The number of rotatable bonds is 7. The van der Waals surface area contributed by atoms with Crippen LogP contribution in [0, 0.1) is 11.3 Å². The van der Waals surface area contributed by atoms with E-state index in [1.165, 1.54) is 25.8 Å². The molecule has 1 saturated heterocycles. The Morgan fingerprint density at radius 3 is 2.50 bits per heavy atom. The fraction of sp³-hybridized carbons (Fsp3) is 1.00. The van der Waals surface area contributed by atoms with Crippen molar-refractivity contribution in [2.75, 3.05) is 39.8 Å². The van der Waals surface area contributed by atoms with Gasteiger partial charge in [-0.25, -0.2) is 0 Å². The van der Waals surface area contributed by atoms with Crippen LogP contribution in [0.1, 0.15) is 33.1 Å². The smallest absolute Gasteiger partial charge is 0.0471 e. The Morgan fingerprint density at radius 2 is 2.06 bits per heavy atom. The molecule has 0 aromatic heterocycles. The molecule has 0 aromatic rings. The van der Waals surface area contributed by atoms with Crippen molar-refractivity contribution >= 4 is 0 Å². The summed E-state index contributed by atoms with van der Waals surface area (Å²) < 4.78 is 0. The molecule has 0 spiro atoms. The first-order chi connectivity index (χ1) is 7.69. The summed E-state index contributed by atoms with van der Waals surface area (Å²) in [4.78, 5) is 2.53. The number of nitrogens with zero attached hydrogens (tertiary/aromatic N) is 1. The molecule has 3 heteroatoms. The molecule has 1 heterocycles. The molecule has 0 aromatic carbocycles. The second-order valence-corrected chi connectivity index (χ2v) is 5.31. The maximum absolute atomic E-state index is 9.16. The number of aliphatic hydroxyl groups is 1. The van der Waals surface area contributed by atoms with E-state index in [2.05, 4.69) is 24.1 Å². The van der Waals surface area contributed by atoms with Crippen molar-refractivity contribution in [2.45, 2.75) is 33.1 Å². The summed E-state index contributed by atoms with van der Waals surface area (Å²) in [7, 11) is 2.04. The van der Waals surface area contributed by atoms with E-state index in [1.54, 1.807) is 0 Å². The van der Waals surface area contributed by atoms with Gasteiger partial charge in [-0.05, 0) is 44.2 Å². The van der Waals surface area contributed by atoms with Gasteiger partial charge in [-0.3, -0.25) is 0 Å². The summed E-state index contributed by atoms with van der Waals surface area (Å²) in [6.45, 7) is 9.46. The summed E-state index contributed by atoms with van der Waals surface area (Å²) in [5.41, 5.74) is 0.416. The van der Waals surface area contributed by atoms with E-state index in [0.717, 1.165) is 19.6 Å². The van der Waals surface area contributed by atoms with Crippen molar-refractivity contribution in [2.24, 2.45) is 11.3 Å². The van der Waals surface area contributed by atoms with Gasteiger partial charge in [0.05, 0.1) is 0 Å². The average molecular weight is 228 g/mol. The van der Waals surface area contributed by atoms with Crippen LogP contribution in [0.4, 0.5) is 0 Å². The summed E-state index contributed by atoms with van der Waals surface area (Å²) in [5.74, 6) is 0.515. The highest BCUT2D eigenvalue weighted by Crippen LogP contribution is 2.29. The normalized spacial score (nSPS) is 22.9. The van der Waals surface area contributed by atoms with Gasteiger partial charge < -0.3 is 15.3 Å². The van der Waals surface area contributed by atoms with Crippen LogP contribution in [0.5, 0.6) is 0 Å². The van der Waals surface area contributed by atoms with Gasteiger partial charge in [0.2, 0.25) is 0 Å². The highest BCUT2D eigenvalue weighted by Gasteiger charge is 2.31. The van der Waals surface area contributed by atoms with Gasteiger partial charge >= 0.3 is 0 Å². The Balaban J connectivity index is 2.48. The lowest BCUT2D eigenvalue weighted by Gasteiger charge is -2.35. The van der Waals surface area contributed by atoms with Crippen LogP contribution in [0.3, 0.4) is 0 Å². The highest BCUT2D eigenvalue weighted by molar-refractivity contribution is 4.85. The highest BCUT2D eigenvalue weighted by atomic mass is 16.3. The van der Waals surface area contributed by atoms with Crippen molar-refractivity contribution in [1.82, 2.24) is 10.2 Å². The third kappa shape index (κ3) is 3.44. The molecule has 1 atom stereocenters. The van der Waals surface area contributed by atoms with E-state index in [1.807, 2.05) is 7.05 Å². The van der Waals surface area contributed by atoms with Crippen molar-refractivity contribution in [3.63, 3.8) is 0 Å². The minimum atomic E-state index is 0.355. The molecular weight excluding hydrogens is 200 g/mol. The molecule has 1 aliphatic heterocycles. The molecule has 1 rings (SSSR count). The monoisotopic (exact) mass is 228 g/mol. The second kappa shape index (κ2) is 6.58. The van der Waals surface area contributed by atoms with Crippen LogP contribution in [0.25, 0.3) is 0 Å². The predicted molar refractivity (Wildman–Crippen MR) is 68.6 cm³/mol. The lowest BCUT2D eigenvalue weighted by Crippen LogP contribution is -2.42. The van der Waals surface area contributed by atoms with Crippen LogP contribution in [0.15, 0.2) is 0 Å². The fourth-order valence-electron chi connectivity index (χ4n) is 2.83. The Morgan fingerprint density at radius 1 is 1.38 bits per heavy atom. The second-order valence-electron chi connectivity index (χ2n) is 5.31. The molecule has 1 fully saturated rings. The fourth-order valence-corrected chi connectivity index (χ4v) is 2.83. The minimum absolute atomic E-state index is 0.355. The first-order valence-electron chi connectivity index (χ1n) is 6.67. The molecule has 96 valence electrons. The van der Waals surface area contributed by atoms with Crippen LogP contribution in [0.2, 0.25) is 0 Å². The lowest BCUT2D eigenvalue weighted by molar-refractivity contribution is 0.147. The van der Waals surface area contributed by atoms with Crippen molar-refractivity contribution in [1.29, 1.82) is 0 Å². The number of nitrogens with one attached hydrogen (secondary N) is 1. The maximum atomic E-state index is 9.16. The lowest BCUT2D eigenvalue weighted by atomic mass is 9.81.